The SMILES string of the molecule is CCc1cc2c(NN)nc(C3CCS(=O)(=O)C3)nc2s1. The Morgan fingerprint density at radius 3 is 2.90 bits per heavy atom. The summed E-state index contributed by atoms with van der Waals surface area (Å²) in [4.78, 5) is 11.0. The first-order chi connectivity index (χ1) is 9.52. The molecule has 1 aliphatic rings. The fourth-order valence-corrected chi connectivity index (χ4v) is 5.17. The number of thiophene rings is 1. The van der Waals surface area contributed by atoms with Gasteiger partial charge in [-0.25, -0.2) is 24.2 Å². The summed E-state index contributed by atoms with van der Waals surface area (Å²) in [6.07, 6.45) is 1.52. The van der Waals surface area contributed by atoms with Crippen LogP contribution in [0.15, 0.2) is 6.07 Å². The molecule has 1 fully saturated rings. The maximum Gasteiger partial charge on any atom is 0.152 e. The molecule has 0 radical (unpaired) electrons. The van der Waals surface area contributed by atoms with Crippen molar-refractivity contribution in [1.29, 1.82) is 0 Å². The number of rotatable bonds is 3. The molecule has 108 valence electrons. The molecule has 0 spiro atoms. The Morgan fingerprint density at radius 1 is 1.50 bits per heavy atom. The first-order valence-corrected chi connectivity index (χ1v) is 9.13. The summed E-state index contributed by atoms with van der Waals surface area (Å²) in [5.74, 6) is 6.92. The number of hydrogen-bond donors (Lipinski definition) is 2. The molecule has 0 bridgehead atoms. The van der Waals surface area contributed by atoms with Crippen LogP contribution in [0.5, 0.6) is 0 Å². The third kappa shape index (κ3) is 2.38. The maximum atomic E-state index is 11.6. The molecule has 2 aromatic rings. The molecule has 0 amide bonds. The monoisotopic (exact) mass is 312 g/mol. The number of nitrogens with zero attached hydrogens (tertiary/aromatic N) is 2. The van der Waals surface area contributed by atoms with E-state index < -0.39 is 9.84 Å². The number of hydrogen-bond acceptors (Lipinski definition) is 7. The summed E-state index contributed by atoms with van der Waals surface area (Å²) in [6, 6.07) is 2.03. The number of nitrogen functional groups attached to an aromatic ring is 1. The molecule has 1 atom stereocenters. The van der Waals surface area contributed by atoms with Gasteiger partial charge in [0.25, 0.3) is 0 Å². The molecule has 0 aliphatic carbocycles. The van der Waals surface area contributed by atoms with Crippen LogP contribution in [-0.4, -0.2) is 29.9 Å². The number of hydrazine groups is 1. The van der Waals surface area contributed by atoms with E-state index in [9.17, 15) is 8.42 Å². The van der Waals surface area contributed by atoms with Gasteiger partial charge in [-0.2, -0.15) is 0 Å². The first-order valence-electron chi connectivity index (χ1n) is 6.50. The number of sulfone groups is 1. The summed E-state index contributed by atoms with van der Waals surface area (Å²) < 4.78 is 23.2. The van der Waals surface area contributed by atoms with E-state index in [1.165, 1.54) is 4.88 Å². The van der Waals surface area contributed by atoms with E-state index in [1.54, 1.807) is 11.3 Å². The second-order valence-corrected chi connectivity index (χ2v) is 8.30. The molecule has 1 saturated heterocycles. The lowest BCUT2D eigenvalue weighted by molar-refractivity contribution is 0.601. The summed E-state index contributed by atoms with van der Waals surface area (Å²) in [6.45, 7) is 2.08. The lowest BCUT2D eigenvalue weighted by Gasteiger charge is -2.08. The number of fused-ring (bicyclic) bond motifs is 1. The lowest BCUT2D eigenvalue weighted by Crippen LogP contribution is -2.13. The van der Waals surface area contributed by atoms with E-state index in [2.05, 4.69) is 22.3 Å². The van der Waals surface area contributed by atoms with E-state index >= 15 is 0 Å². The minimum absolute atomic E-state index is 0.122. The maximum absolute atomic E-state index is 11.6. The summed E-state index contributed by atoms with van der Waals surface area (Å²) in [7, 11) is -2.94. The Morgan fingerprint density at radius 2 is 2.30 bits per heavy atom. The zero-order valence-electron chi connectivity index (χ0n) is 11.1. The topological polar surface area (TPSA) is 98.0 Å². The molecule has 3 N–H and O–H groups in total. The van der Waals surface area contributed by atoms with Crippen molar-refractivity contribution >= 4 is 37.2 Å². The third-order valence-electron chi connectivity index (χ3n) is 3.54. The minimum atomic E-state index is -2.94. The Labute approximate surface area is 121 Å². The smallest absolute Gasteiger partial charge is 0.152 e. The zero-order valence-corrected chi connectivity index (χ0v) is 12.7. The number of nitrogens with one attached hydrogen (secondary N) is 1. The molecule has 2 aromatic heterocycles. The van der Waals surface area contributed by atoms with Crippen LogP contribution in [0, 0.1) is 0 Å². The zero-order chi connectivity index (χ0) is 14.3. The molecule has 8 heteroatoms. The Bertz CT molecular complexity index is 754. The highest BCUT2D eigenvalue weighted by Gasteiger charge is 2.31. The molecule has 3 rings (SSSR count). The Kier molecular flexibility index (Phi) is 3.39. The fourth-order valence-electron chi connectivity index (χ4n) is 2.45. The van der Waals surface area contributed by atoms with Crippen molar-refractivity contribution in [3.8, 4) is 0 Å². The van der Waals surface area contributed by atoms with E-state index in [0.717, 1.165) is 16.6 Å². The highest BCUT2D eigenvalue weighted by molar-refractivity contribution is 7.91. The van der Waals surface area contributed by atoms with Crippen molar-refractivity contribution in [2.45, 2.75) is 25.7 Å². The van der Waals surface area contributed by atoms with Crippen molar-refractivity contribution in [3.63, 3.8) is 0 Å². The van der Waals surface area contributed by atoms with Gasteiger partial charge in [-0.15, -0.1) is 11.3 Å². The van der Waals surface area contributed by atoms with Gasteiger partial charge in [0.05, 0.1) is 16.9 Å². The molecule has 0 saturated carbocycles. The number of aryl methyl sites for hydroxylation is 1. The van der Waals surface area contributed by atoms with Crippen molar-refractivity contribution in [1.82, 2.24) is 9.97 Å². The summed E-state index contributed by atoms with van der Waals surface area (Å²) in [5.41, 5.74) is 2.60. The molecule has 3 heterocycles. The predicted molar refractivity (Wildman–Crippen MR) is 80.6 cm³/mol. The van der Waals surface area contributed by atoms with Gasteiger partial charge in [0.2, 0.25) is 0 Å². The lowest BCUT2D eigenvalue weighted by atomic mass is 10.1. The van der Waals surface area contributed by atoms with Crippen LogP contribution in [0.4, 0.5) is 5.82 Å². The second-order valence-electron chi connectivity index (χ2n) is 4.96. The predicted octanol–water partition coefficient (Wildman–Crippen LogP) is 1.44. The van der Waals surface area contributed by atoms with Crippen molar-refractivity contribution in [3.05, 3.63) is 16.8 Å². The number of anilines is 1. The van der Waals surface area contributed by atoms with Crippen molar-refractivity contribution in [2.75, 3.05) is 16.9 Å². The number of nitrogens with two attached hydrogens (primary N) is 1. The summed E-state index contributed by atoms with van der Waals surface area (Å²) >= 11 is 1.60. The van der Waals surface area contributed by atoms with Crippen LogP contribution < -0.4 is 11.3 Å². The van der Waals surface area contributed by atoms with Gasteiger partial charge in [0.15, 0.2) is 15.7 Å². The van der Waals surface area contributed by atoms with Crippen LogP contribution in [0.2, 0.25) is 0 Å². The molecule has 1 aliphatic heterocycles. The van der Waals surface area contributed by atoms with Gasteiger partial charge < -0.3 is 5.43 Å². The number of aromatic nitrogens is 2. The van der Waals surface area contributed by atoms with Crippen molar-refractivity contribution < 1.29 is 8.42 Å². The largest absolute Gasteiger partial charge is 0.308 e. The van der Waals surface area contributed by atoms with Crippen molar-refractivity contribution in [2.24, 2.45) is 5.84 Å². The van der Waals surface area contributed by atoms with Crippen LogP contribution in [0.3, 0.4) is 0 Å². The summed E-state index contributed by atoms with van der Waals surface area (Å²) in [5, 5.41) is 0.902. The molecular formula is C12H16N4O2S2. The van der Waals surface area contributed by atoms with Crippen LogP contribution in [-0.2, 0) is 16.3 Å². The van der Waals surface area contributed by atoms with Gasteiger partial charge in [0, 0.05) is 10.8 Å². The average Bonchev–Trinajstić information content (AvgIpc) is 2.99. The van der Waals surface area contributed by atoms with Gasteiger partial charge in [-0.1, -0.05) is 6.92 Å². The first kappa shape index (κ1) is 13.7. The second kappa shape index (κ2) is 4.94. The van der Waals surface area contributed by atoms with Crippen LogP contribution in [0.25, 0.3) is 10.2 Å². The van der Waals surface area contributed by atoms with E-state index in [4.69, 9.17) is 5.84 Å². The minimum Gasteiger partial charge on any atom is -0.308 e. The molecule has 0 aromatic carbocycles. The average molecular weight is 312 g/mol. The van der Waals surface area contributed by atoms with E-state index in [1.807, 2.05) is 6.07 Å². The highest BCUT2D eigenvalue weighted by Crippen LogP contribution is 2.33. The van der Waals surface area contributed by atoms with Crippen LogP contribution in [0.1, 0.15) is 30.0 Å². The van der Waals surface area contributed by atoms with Gasteiger partial charge in [-0.3, -0.25) is 0 Å². The van der Waals surface area contributed by atoms with Gasteiger partial charge >= 0.3 is 0 Å². The standard InChI is InChI=1S/C12H16N4O2S2/c1-2-8-5-9-11(16-13)14-10(15-12(9)19-8)7-3-4-20(17,18)6-7/h5,7H,2-4,6,13H2,1H3,(H,14,15,16). The van der Waals surface area contributed by atoms with E-state index in [0.29, 0.717) is 18.1 Å². The van der Waals surface area contributed by atoms with E-state index in [-0.39, 0.29) is 17.4 Å². The van der Waals surface area contributed by atoms with Crippen LogP contribution >= 0.6 is 11.3 Å². The third-order valence-corrected chi connectivity index (χ3v) is 6.49. The molecule has 20 heavy (non-hydrogen) atoms. The van der Waals surface area contributed by atoms with Gasteiger partial charge in [-0.05, 0) is 18.9 Å². The highest BCUT2D eigenvalue weighted by atomic mass is 32.2. The molecule has 1 unspecified atom stereocenters. The molecule has 6 nitrogen and oxygen atoms in total. The normalized spacial score (nSPS) is 21.4. The quantitative estimate of drug-likeness (QED) is 0.657. The fraction of sp³-hybridized carbons (Fsp3) is 0.500. The Balaban J connectivity index is 2.08. The molecular weight excluding hydrogens is 296 g/mol. The Hall–Kier alpha value is -1.25. The van der Waals surface area contributed by atoms with Gasteiger partial charge in [0.1, 0.15) is 10.7 Å².